The Morgan fingerprint density at radius 2 is 1.96 bits per heavy atom. The molecule has 1 aromatic carbocycles. The minimum absolute atomic E-state index is 0.208. The van der Waals surface area contributed by atoms with Crippen molar-refractivity contribution in [1.82, 2.24) is 4.98 Å². The third-order valence-corrected chi connectivity index (χ3v) is 3.51. The molecule has 1 N–H and O–H groups in total. The van der Waals surface area contributed by atoms with Crippen molar-refractivity contribution in [3.8, 4) is 11.6 Å². The molecule has 0 fully saturated rings. The fourth-order valence-electron chi connectivity index (χ4n) is 2.07. The van der Waals surface area contributed by atoms with Crippen LogP contribution < -0.4 is 14.8 Å². The number of carbonyl (C=O) groups excluding carboxylic acids is 1. The minimum atomic E-state index is -0.319. The molecule has 140 valence electrons. The molecule has 0 saturated heterocycles. The highest BCUT2D eigenvalue weighted by Crippen LogP contribution is 2.28. The van der Waals surface area contributed by atoms with Crippen molar-refractivity contribution in [3.05, 3.63) is 47.1 Å². The summed E-state index contributed by atoms with van der Waals surface area (Å²) in [7, 11) is 1.52. The van der Waals surface area contributed by atoms with Crippen molar-refractivity contribution in [1.29, 1.82) is 0 Å². The molecule has 1 aromatic heterocycles. The summed E-state index contributed by atoms with van der Waals surface area (Å²) in [4.78, 5) is 16.5. The van der Waals surface area contributed by atoms with E-state index < -0.39 is 0 Å². The fourth-order valence-corrected chi connectivity index (χ4v) is 2.24. The first-order chi connectivity index (χ1) is 12.3. The number of hydrogen-bond donors (Lipinski definition) is 1. The van der Waals surface area contributed by atoms with E-state index in [-0.39, 0.29) is 11.5 Å². The molecule has 0 aliphatic heterocycles. The molecule has 6 nitrogen and oxygen atoms in total. The third-order valence-electron chi connectivity index (χ3n) is 3.28. The molecular formula is C19H23ClN2O4. The van der Waals surface area contributed by atoms with Gasteiger partial charge < -0.3 is 19.5 Å². The molecule has 2 aromatic rings. The van der Waals surface area contributed by atoms with Crippen molar-refractivity contribution in [2.75, 3.05) is 25.6 Å². The molecule has 0 aliphatic carbocycles. The molecule has 26 heavy (non-hydrogen) atoms. The van der Waals surface area contributed by atoms with Gasteiger partial charge in [0, 0.05) is 17.3 Å². The van der Waals surface area contributed by atoms with Crippen LogP contribution >= 0.6 is 11.6 Å². The van der Waals surface area contributed by atoms with Crippen molar-refractivity contribution >= 4 is 23.2 Å². The lowest BCUT2D eigenvalue weighted by molar-refractivity contribution is -0.0168. The number of amides is 1. The van der Waals surface area contributed by atoms with Gasteiger partial charge in [-0.2, -0.15) is 0 Å². The topological polar surface area (TPSA) is 69.7 Å². The van der Waals surface area contributed by atoms with E-state index in [9.17, 15) is 4.79 Å². The van der Waals surface area contributed by atoms with Crippen LogP contribution in [-0.4, -0.2) is 36.8 Å². The number of aromatic nitrogens is 1. The second kappa shape index (κ2) is 8.87. The standard InChI is InChI=1S/C19H23ClN2O4/c1-19(2,3)26-10-9-25-17-8-5-13(12-21-17)18(23)22-15-11-14(20)6-7-16(15)24-4/h5-8,11-12H,9-10H2,1-4H3,(H,22,23). The van der Waals surface area contributed by atoms with Crippen LogP contribution in [0.2, 0.25) is 5.02 Å². The number of benzene rings is 1. The van der Waals surface area contributed by atoms with Gasteiger partial charge in [-0.15, -0.1) is 0 Å². The van der Waals surface area contributed by atoms with Crippen LogP contribution in [0.15, 0.2) is 36.5 Å². The Morgan fingerprint density at radius 1 is 1.19 bits per heavy atom. The van der Waals surface area contributed by atoms with Crippen LogP contribution in [0.4, 0.5) is 5.69 Å². The maximum atomic E-state index is 12.4. The highest BCUT2D eigenvalue weighted by Gasteiger charge is 2.12. The number of nitrogens with zero attached hydrogens (tertiary/aromatic N) is 1. The largest absolute Gasteiger partial charge is 0.495 e. The number of rotatable bonds is 7. The highest BCUT2D eigenvalue weighted by atomic mass is 35.5. The summed E-state index contributed by atoms with van der Waals surface area (Å²) < 4.78 is 16.3. The van der Waals surface area contributed by atoms with Gasteiger partial charge >= 0.3 is 0 Å². The lowest BCUT2D eigenvalue weighted by Gasteiger charge is -2.19. The first-order valence-corrected chi connectivity index (χ1v) is 8.54. The molecule has 1 heterocycles. The number of pyridine rings is 1. The predicted octanol–water partition coefficient (Wildman–Crippen LogP) is 4.19. The summed E-state index contributed by atoms with van der Waals surface area (Å²) in [6.07, 6.45) is 1.45. The summed E-state index contributed by atoms with van der Waals surface area (Å²) >= 11 is 5.97. The molecule has 7 heteroatoms. The number of anilines is 1. The highest BCUT2D eigenvalue weighted by molar-refractivity contribution is 6.31. The quantitative estimate of drug-likeness (QED) is 0.731. The van der Waals surface area contributed by atoms with Crippen molar-refractivity contribution < 1.29 is 19.0 Å². The Kier molecular flexibility index (Phi) is 6.83. The molecular weight excluding hydrogens is 356 g/mol. The van der Waals surface area contributed by atoms with Gasteiger partial charge in [0.1, 0.15) is 12.4 Å². The number of hydrogen-bond acceptors (Lipinski definition) is 5. The average Bonchev–Trinajstić information content (AvgIpc) is 2.58. The fraction of sp³-hybridized carbons (Fsp3) is 0.368. The second-order valence-electron chi connectivity index (χ2n) is 6.49. The van der Waals surface area contributed by atoms with Crippen molar-refractivity contribution in [2.45, 2.75) is 26.4 Å². The predicted molar refractivity (Wildman–Crippen MR) is 101 cm³/mol. The molecule has 0 atom stereocenters. The summed E-state index contributed by atoms with van der Waals surface area (Å²) in [5.41, 5.74) is 0.676. The Morgan fingerprint density at radius 3 is 2.58 bits per heavy atom. The molecule has 2 rings (SSSR count). The SMILES string of the molecule is COc1ccc(Cl)cc1NC(=O)c1ccc(OCCOC(C)(C)C)nc1. The summed E-state index contributed by atoms with van der Waals surface area (Å²) in [6.45, 7) is 6.78. The summed E-state index contributed by atoms with van der Waals surface area (Å²) in [6, 6.07) is 8.28. The Hall–Kier alpha value is -2.31. The van der Waals surface area contributed by atoms with Crippen LogP contribution in [-0.2, 0) is 4.74 Å². The van der Waals surface area contributed by atoms with Gasteiger partial charge in [-0.25, -0.2) is 4.98 Å². The van der Waals surface area contributed by atoms with Gasteiger partial charge in [-0.1, -0.05) is 11.6 Å². The lowest BCUT2D eigenvalue weighted by atomic mass is 10.2. The first-order valence-electron chi connectivity index (χ1n) is 8.16. The zero-order valence-electron chi connectivity index (χ0n) is 15.3. The molecule has 0 aliphatic rings. The van der Waals surface area contributed by atoms with E-state index >= 15 is 0 Å². The normalized spacial score (nSPS) is 11.1. The van der Waals surface area contributed by atoms with Crippen LogP contribution in [0.25, 0.3) is 0 Å². The number of carbonyl (C=O) groups is 1. The van der Waals surface area contributed by atoms with Gasteiger partial charge in [0.15, 0.2) is 0 Å². The monoisotopic (exact) mass is 378 g/mol. The molecule has 0 unspecified atom stereocenters. The maximum Gasteiger partial charge on any atom is 0.257 e. The molecule has 0 bridgehead atoms. The molecule has 0 radical (unpaired) electrons. The van der Waals surface area contributed by atoms with E-state index in [4.69, 9.17) is 25.8 Å². The minimum Gasteiger partial charge on any atom is -0.495 e. The summed E-state index contributed by atoms with van der Waals surface area (Å²) in [5, 5.41) is 3.26. The zero-order chi connectivity index (χ0) is 19.2. The summed E-state index contributed by atoms with van der Waals surface area (Å²) in [5.74, 6) is 0.634. The molecule has 0 spiro atoms. The third kappa shape index (κ3) is 6.20. The number of halogens is 1. The van der Waals surface area contributed by atoms with Crippen LogP contribution in [0.3, 0.4) is 0 Å². The molecule has 0 saturated carbocycles. The maximum absolute atomic E-state index is 12.4. The average molecular weight is 379 g/mol. The van der Waals surface area contributed by atoms with E-state index in [2.05, 4.69) is 10.3 Å². The Balaban J connectivity index is 1.93. The second-order valence-corrected chi connectivity index (χ2v) is 6.93. The van der Waals surface area contributed by atoms with Crippen molar-refractivity contribution in [2.24, 2.45) is 0 Å². The first kappa shape index (κ1) is 20.0. The van der Waals surface area contributed by atoms with Crippen LogP contribution in [0.5, 0.6) is 11.6 Å². The molecule has 1 amide bonds. The van der Waals surface area contributed by atoms with Gasteiger partial charge in [0.2, 0.25) is 5.88 Å². The van der Waals surface area contributed by atoms with Gasteiger partial charge in [0.05, 0.1) is 30.6 Å². The van der Waals surface area contributed by atoms with Crippen LogP contribution in [0.1, 0.15) is 31.1 Å². The number of ether oxygens (including phenoxy) is 3. The van der Waals surface area contributed by atoms with E-state index in [0.29, 0.717) is 41.1 Å². The van der Waals surface area contributed by atoms with Gasteiger partial charge in [0.25, 0.3) is 5.91 Å². The number of nitrogens with one attached hydrogen (secondary N) is 1. The van der Waals surface area contributed by atoms with Gasteiger partial charge in [-0.3, -0.25) is 4.79 Å². The smallest absolute Gasteiger partial charge is 0.257 e. The van der Waals surface area contributed by atoms with E-state index in [1.165, 1.54) is 13.3 Å². The van der Waals surface area contributed by atoms with Crippen molar-refractivity contribution in [3.63, 3.8) is 0 Å². The van der Waals surface area contributed by atoms with E-state index in [0.717, 1.165) is 0 Å². The zero-order valence-corrected chi connectivity index (χ0v) is 16.1. The Bertz CT molecular complexity index is 742. The number of methoxy groups -OCH3 is 1. The van der Waals surface area contributed by atoms with Gasteiger partial charge in [-0.05, 0) is 45.0 Å². The van der Waals surface area contributed by atoms with E-state index in [1.807, 2.05) is 20.8 Å². The lowest BCUT2D eigenvalue weighted by Crippen LogP contribution is -2.22. The Labute approximate surface area is 158 Å². The van der Waals surface area contributed by atoms with Crippen LogP contribution in [0, 0.1) is 0 Å². The van der Waals surface area contributed by atoms with E-state index in [1.54, 1.807) is 30.3 Å².